The van der Waals surface area contributed by atoms with E-state index >= 15 is 0 Å². The van der Waals surface area contributed by atoms with Crippen molar-refractivity contribution in [1.82, 2.24) is 14.5 Å². The van der Waals surface area contributed by atoms with Crippen LogP contribution in [-0.2, 0) is 32.0 Å². The molecule has 9 heteroatoms. The predicted octanol–water partition coefficient (Wildman–Crippen LogP) is 3.42. The minimum absolute atomic E-state index is 0.107. The summed E-state index contributed by atoms with van der Waals surface area (Å²) in [5.74, 6) is -0.993. The summed E-state index contributed by atoms with van der Waals surface area (Å²) in [6, 6.07) is 12.9. The van der Waals surface area contributed by atoms with Crippen molar-refractivity contribution >= 4 is 34.5 Å². The van der Waals surface area contributed by atoms with E-state index in [1.54, 1.807) is 30.3 Å². The zero-order chi connectivity index (χ0) is 25.5. The summed E-state index contributed by atoms with van der Waals surface area (Å²) < 4.78 is 12.1. The molecule has 3 aromatic rings. The maximum absolute atomic E-state index is 14.0. The molecule has 1 fully saturated rings. The van der Waals surface area contributed by atoms with Gasteiger partial charge in [0, 0.05) is 25.9 Å². The molecule has 1 N–H and O–H groups in total. The van der Waals surface area contributed by atoms with Gasteiger partial charge in [0.25, 0.3) is 5.91 Å². The first-order valence-corrected chi connectivity index (χ1v) is 12.3. The Kier molecular flexibility index (Phi) is 8.32. The lowest BCUT2D eigenvalue weighted by Gasteiger charge is -2.34. The number of anilines is 1. The molecule has 1 aliphatic heterocycles. The summed E-state index contributed by atoms with van der Waals surface area (Å²) >= 11 is 0. The molecule has 36 heavy (non-hydrogen) atoms. The highest BCUT2D eigenvalue weighted by Crippen LogP contribution is 2.28. The van der Waals surface area contributed by atoms with Crippen LogP contribution in [0.1, 0.15) is 42.1 Å². The number of carbonyl (C=O) groups is 3. The topological polar surface area (TPSA) is 103 Å². The number of amides is 2. The number of hydrogen-bond acceptors (Lipinski definition) is 6. The number of nitrogens with one attached hydrogen (secondary N) is 1. The van der Waals surface area contributed by atoms with Crippen LogP contribution in [0.25, 0.3) is 11.0 Å². The van der Waals surface area contributed by atoms with Gasteiger partial charge in [-0.3, -0.25) is 9.59 Å². The van der Waals surface area contributed by atoms with E-state index in [2.05, 4.69) is 22.4 Å². The van der Waals surface area contributed by atoms with Crippen LogP contribution in [0.3, 0.4) is 0 Å². The summed E-state index contributed by atoms with van der Waals surface area (Å²) in [6.07, 6.45) is 4.70. The van der Waals surface area contributed by atoms with Crippen molar-refractivity contribution in [3.8, 4) is 0 Å². The van der Waals surface area contributed by atoms with Crippen LogP contribution in [0, 0.1) is 0 Å². The lowest BCUT2D eigenvalue weighted by Crippen LogP contribution is -2.48. The van der Waals surface area contributed by atoms with Crippen molar-refractivity contribution in [3.63, 3.8) is 0 Å². The van der Waals surface area contributed by atoms with Gasteiger partial charge in [-0.15, -0.1) is 0 Å². The standard InChI is InChI=1S/C27H32N4O5/c1-3-36-27(34)23-11-7-8-13-31(23)26(33)21-15-20(29-24(32)17-35-2)16-22-25(21)30(18-28-22)14-12-19-9-5-4-6-10-19/h4-6,9-10,15-16,18,23H,3,7-8,11-14,17H2,1-2H3,(H,29,32). The average molecular weight is 493 g/mol. The highest BCUT2D eigenvalue weighted by molar-refractivity contribution is 6.08. The SMILES string of the molecule is CCOC(=O)C1CCCCN1C(=O)c1cc(NC(=O)COC)cc2ncn(CCc3ccccc3)c12. The number of methoxy groups -OCH3 is 1. The summed E-state index contributed by atoms with van der Waals surface area (Å²) in [4.78, 5) is 45.0. The number of esters is 1. The molecular weight excluding hydrogens is 460 g/mol. The molecule has 0 saturated carbocycles. The molecule has 0 spiro atoms. The van der Waals surface area contributed by atoms with E-state index < -0.39 is 6.04 Å². The Labute approximate surface area is 210 Å². The number of aromatic nitrogens is 2. The first-order chi connectivity index (χ1) is 17.5. The van der Waals surface area contributed by atoms with Crippen molar-refractivity contribution < 1.29 is 23.9 Å². The van der Waals surface area contributed by atoms with Crippen molar-refractivity contribution in [2.45, 2.75) is 45.2 Å². The molecule has 1 atom stereocenters. The van der Waals surface area contributed by atoms with Gasteiger partial charge in [-0.05, 0) is 50.3 Å². The lowest BCUT2D eigenvalue weighted by atomic mass is 10.00. The molecule has 2 heterocycles. The summed E-state index contributed by atoms with van der Waals surface area (Å²) in [5.41, 5.74) is 3.28. The Morgan fingerprint density at radius 3 is 2.69 bits per heavy atom. The number of ether oxygens (including phenoxy) is 2. The highest BCUT2D eigenvalue weighted by Gasteiger charge is 2.35. The predicted molar refractivity (Wildman–Crippen MR) is 136 cm³/mol. The van der Waals surface area contributed by atoms with Gasteiger partial charge in [-0.2, -0.15) is 0 Å². The number of hydrogen-bond donors (Lipinski definition) is 1. The summed E-state index contributed by atoms with van der Waals surface area (Å²) in [7, 11) is 1.44. The second-order valence-corrected chi connectivity index (χ2v) is 8.81. The van der Waals surface area contributed by atoms with Crippen LogP contribution < -0.4 is 5.32 Å². The lowest BCUT2D eigenvalue weighted by molar-refractivity contribution is -0.149. The second-order valence-electron chi connectivity index (χ2n) is 8.81. The van der Waals surface area contributed by atoms with Gasteiger partial charge in [0.05, 0.1) is 29.5 Å². The number of carbonyl (C=O) groups excluding carboxylic acids is 3. The van der Waals surface area contributed by atoms with E-state index in [-0.39, 0.29) is 31.0 Å². The Hall–Kier alpha value is -3.72. The van der Waals surface area contributed by atoms with E-state index in [0.29, 0.717) is 41.8 Å². The average Bonchev–Trinajstić information content (AvgIpc) is 3.30. The van der Waals surface area contributed by atoms with Crippen LogP contribution in [-0.4, -0.2) is 65.1 Å². The molecule has 190 valence electrons. The van der Waals surface area contributed by atoms with Crippen molar-refractivity contribution in [2.75, 3.05) is 32.2 Å². The van der Waals surface area contributed by atoms with Crippen LogP contribution in [0.5, 0.6) is 0 Å². The zero-order valence-electron chi connectivity index (χ0n) is 20.7. The molecule has 1 aromatic heterocycles. The monoisotopic (exact) mass is 492 g/mol. The van der Waals surface area contributed by atoms with Crippen LogP contribution >= 0.6 is 0 Å². The third kappa shape index (κ3) is 5.73. The van der Waals surface area contributed by atoms with Gasteiger partial charge < -0.3 is 24.3 Å². The van der Waals surface area contributed by atoms with E-state index in [1.807, 2.05) is 22.8 Å². The number of imidazole rings is 1. The first kappa shape index (κ1) is 25.4. The smallest absolute Gasteiger partial charge is 0.328 e. The molecule has 2 amide bonds. The van der Waals surface area contributed by atoms with Gasteiger partial charge in [-0.25, -0.2) is 9.78 Å². The fraction of sp³-hybridized carbons (Fsp3) is 0.407. The second kappa shape index (κ2) is 11.8. The highest BCUT2D eigenvalue weighted by atomic mass is 16.5. The van der Waals surface area contributed by atoms with E-state index in [0.717, 1.165) is 19.3 Å². The molecule has 4 rings (SSSR count). The number of fused-ring (bicyclic) bond motifs is 1. The summed E-state index contributed by atoms with van der Waals surface area (Å²) in [5, 5.41) is 2.78. The Balaban J connectivity index is 1.72. The fourth-order valence-corrected chi connectivity index (χ4v) is 4.65. The van der Waals surface area contributed by atoms with E-state index in [9.17, 15) is 14.4 Å². The van der Waals surface area contributed by atoms with Crippen molar-refractivity contribution in [1.29, 1.82) is 0 Å². The van der Waals surface area contributed by atoms with Gasteiger partial charge in [0.1, 0.15) is 12.6 Å². The molecule has 1 unspecified atom stereocenters. The molecule has 0 aliphatic carbocycles. The maximum atomic E-state index is 14.0. The Morgan fingerprint density at radius 2 is 1.94 bits per heavy atom. The van der Waals surface area contributed by atoms with Gasteiger partial charge in [-0.1, -0.05) is 30.3 Å². The largest absolute Gasteiger partial charge is 0.464 e. The van der Waals surface area contributed by atoms with Crippen molar-refractivity contribution in [3.05, 3.63) is 59.9 Å². The first-order valence-electron chi connectivity index (χ1n) is 12.3. The quantitative estimate of drug-likeness (QED) is 0.459. The third-order valence-corrected chi connectivity index (χ3v) is 6.31. The van der Waals surface area contributed by atoms with Crippen LogP contribution in [0.2, 0.25) is 0 Å². The minimum Gasteiger partial charge on any atom is -0.464 e. The molecule has 2 aromatic carbocycles. The number of nitrogens with zero attached hydrogens (tertiary/aromatic N) is 3. The molecule has 0 bridgehead atoms. The molecular formula is C27H32N4O5. The van der Waals surface area contributed by atoms with Gasteiger partial charge in [0.2, 0.25) is 5.91 Å². The van der Waals surface area contributed by atoms with Crippen LogP contribution in [0.4, 0.5) is 5.69 Å². The Bertz CT molecular complexity index is 1220. The summed E-state index contributed by atoms with van der Waals surface area (Å²) in [6.45, 7) is 2.99. The van der Waals surface area contributed by atoms with Crippen LogP contribution in [0.15, 0.2) is 48.8 Å². The molecule has 1 saturated heterocycles. The molecule has 0 radical (unpaired) electrons. The van der Waals surface area contributed by atoms with Gasteiger partial charge >= 0.3 is 5.97 Å². The molecule has 1 aliphatic rings. The van der Waals surface area contributed by atoms with E-state index in [1.165, 1.54) is 12.7 Å². The van der Waals surface area contributed by atoms with Gasteiger partial charge in [0.15, 0.2) is 0 Å². The number of likely N-dealkylation sites (tertiary alicyclic amines) is 1. The number of rotatable bonds is 9. The van der Waals surface area contributed by atoms with E-state index in [4.69, 9.17) is 9.47 Å². The number of benzene rings is 2. The minimum atomic E-state index is -0.631. The Morgan fingerprint density at radius 1 is 1.14 bits per heavy atom. The third-order valence-electron chi connectivity index (χ3n) is 6.31. The fourth-order valence-electron chi connectivity index (χ4n) is 4.65. The molecule has 9 nitrogen and oxygen atoms in total. The number of aryl methyl sites for hydroxylation is 2. The maximum Gasteiger partial charge on any atom is 0.328 e. The zero-order valence-corrected chi connectivity index (χ0v) is 20.7. The van der Waals surface area contributed by atoms with Crippen molar-refractivity contribution in [2.24, 2.45) is 0 Å². The number of piperidine rings is 1. The normalized spacial score (nSPS) is 15.6.